The summed E-state index contributed by atoms with van der Waals surface area (Å²) >= 11 is 0. The van der Waals surface area contributed by atoms with Gasteiger partial charge in [0.2, 0.25) is 0 Å². The predicted octanol–water partition coefficient (Wildman–Crippen LogP) is 0.853. The molecule has 3 unspecified atom stereocenters. The van der Waals surface area contributed by atoms with Gasteiger partial charge in [0, 0.05) is 0 Å². The Kier molecular flexibility index (Phi) is 1.65. The molecule has 3 atom stereocenters. The van der Waals surface area contributed by atoms with E-state index in [1.165, 1.54) is 0 Å². The van der Waals surface area contributed by atoms with Crippen LogP contribution in [-0.4, -0.2) is 22.8 Å². The van der Waals surface area contributed by atoms with Gasteiger partial charge in [-0.2, -0.15) is 0 Å². The number of ether oxygens (including phenoxy) is 1. The molecule has 68 valence electrons. The molecule has 12 heavy (non-hydrogen) atoms. The number of hydrogen-bond donors (Lipinski definition) is 1. The van der Waals surface area contributed by atoms with Gasteiger partial charge in [-0.25, -0.2) is 0 Å². The Morgan fingerprint density at radius 3 is 3.00 bits per heavy atom. The van der Waals surface area contributed by atoms with Gasteiger partial charge in [-0.15, -0.1) is 0 Å². The number of aliphatic hydroxyl groups is 1. The van der Waals surface area contributed by atoms with Crippen molar-refractivity contribution in [2.45, 2.75) is 44.3 Å². The Morgan fingerprint density at radius 1 is 1.58 bits per heavy atom. The third kappa shape index (κ3) is 0.891. The first kappa shape index (κ1) is 8.05. The van der Waals surface area contributed by atoms with Gasteiger partial charge in [0.25, 0.3) is 0 Å². The van der Waals surface area contributed by atoms with Crippen molar-refractivity contribution in [1.29, 1.82) is 0 Å². The minimum atomic E-state index is -0.852. The summed E-state index contributed by atoms with van der Waals surface area (Å²) in [6.07, 6.45) is 3.38. The summed E-state index contributed by atoms with van der Waals surface area (Å²) in [5.41, 5.74) is -0.852. The average molecular weight is 170 g/mol. The van der Waals surface area contributed by atoms with E-state index in [9.17, 15) is 9.90 Å². The quantitative estimate of drug-likeness (QED) is 0.548. The molecule has 3 heteroatoms. The third-order valence-electron chi connectivity index (χ3n) is 3.21. The van der Waals surface area contributed by atoms with Crippen molar-refractivity contribution < 1.29 is 14.6 Å². The van der Waals surface area contributed by atoms with E-state index < -0.39 is 5.60 Å². The molecular formula is C9H14O3. The zero-order chi connectivity index (χ0) is 8.77. The van der Waals surface area contributed by atoms with E-state index in [0.29, 0.717) is 6.42 Å². The zero-order valence-corrected chi connectivity index (χ0v) is 7.25. The molecule has 1 aliphatic heterocycles. The largest absolute Gasteiger partial charge is 0.459 e. The maximum Gasteiger partial charge on any atom is 0.312 e. The van der Waals surface area contributed by atoms with Gasteiger partial charge in [-0.05, 0) is 26.2 Å². The van der Waals surface area contributed by atoms with E-state index in [0.717, 1.165) is 19.3 Å². The van der Waals surface area contributed by atoms with Gasteiger partial charge in [-0.3, -0.25) is 4.79 Å². The summed E-state index contributed by atoms with van der Waals surface area (Å²) in [5, 5.41) is 10.1. The molecule has 0 bridgehead atoms. The summed E-state index contributed by atoms with van der Waals surface area (Å²) in [6.45, 7) is 1.76. The highest BCUT2D eigenvalue weighted by Gasteiger charge is 2.54. The van der Waals surface area contributed by atoms with E-state index in [1.807, 2.05) is 0 Å². The van der Waals surface area contributed by atoms with Gasteiger partial charge in [-0.1, -0.05) is 6.42 Å². The third-order valence-corrected chi connectivity index (χ3v) is 3.21. The molecule has 0 aromatic carbocycles. The predicted molar refractivity (Wildman–Crippen MR) is 42.5 cm³/mol. The Balaban J connectivity index is 2.25. The fourth-order valence-corrected chi connectivity index (χ4v) is 2.25. The maximum atomic E-state index is 11.2. The minimum Gasteiger partial charge on any atom is -0.459 e. The lowest BCUT2D eigenvalue weighted by Gasteiger charge is -2.33. The number of esters is 1. The number of hydrogen-bond acceptors (Lipinski definition) is 3. The molecule has 0 aromatic heterocycles. The highest BCUT2D eigenvalue weighted by atomic mass is 16.6. The van der Waals surface area contributed by atoms with E-state index in [-0.39, 0.29) is 18.0 Å². The highest BCUT2D eigenvalue weighted by molar-refractivity contribution is 5.76. The Bertz CT molecular complexity index is 214. The molecule has 3 nitrogen and oxygen atoms in total. The van der Waals surface area contributed by atoms with Crippen LogP contribution < -0.4 is 0 Å². The first-order chi connectivity index (χ1) is 5.64. The van der Waals surface area contributed by atoms with Gasteiger partial charge < -0.3 is 9.84 Å². The summed E-state index contributed by atoms with van der Waals surface area (Å²) in [4.78, 5) is 11.2. The van der Waals surface area contributed by atoms with Crippen LogP contribution in [0.3, 0.4) is 0 Å². The molecule has 1 aliphatic carbocycles. The van der Waals surface area contributed by atoms with Crippen LogP contribution in [0.4, 0.5) is 0 Å². The fraction of sp³-hybridized carbons (Fsp3) is 0.889. The fourth-order valence-electron chi connectivity index (χ4n) is 2.25. The molecule has 1 saturated carbocycles. The van der Waals surface area contributed by atoms with E-state index in [1.54, 1.807) is 6.92 Å². The van der Waals surface area contributed by atoms with Crippen LogP contribution in [0.1, 0.15) is 32.6 Å². The normalized spacial score (nSPS) is 47.0. The van der Waals surface area contributed by atoms with Crippen molar-refractivity contribution in [2.75, 3.05) is 0 Å². The second-order valence-corrected chi connectivity index (χ2v) is 3.88. The Hall–Kier alpha value is -0.570. The molecular weight excluding hydrogens is 156 g/mol. The smallest absolute Gasteiger partial charge is 0.312 e. The zero-order valence-electron chi connectivity index (χ0n) is 7.25. The summed E-state index contributed by atoms with van der Waals surface area (Å²) in [5.74, 6) is -0.563. The van der Waals surface area contributed by atoms with Crippen LogP contribution in [0.25, 0.3) is 0 Å². The van der Waals surface area contributed by atoms with Crippen LogP contribution in [0.15, 0.2) is 0 Å². The topological polar surface area (TPSA) is 46.5 Å². The molecule has 0 radical (unpaired) electrons. The van der Waals surface area contributed by atoms with Crippen LogP contribution in [0.5, 0.6) is 0 Å². The van der Waals surface area contributed by atoms with Gasteiger partial charge >= 0.3 is 5.97 Å². The molecule has 0 aromatic rings. The van der Waals surface area contributed by atoms with Crippen LogP contribution in [-0.2, 0) is 9.53 Å². The van der Waals surface area contributed by atoms with Gasteiger partial charge in [0.15, 0.2) is 0 Å². The number of fused-ring (bicyclic) bond motifs is 1. The minimum absolute atomic E-state index is 0.228. The second-order valence-electron chi connectivity index (χ2n) is 3.88. The van der Waals surface area contributed by atoms with Crippen molar-refractivity contribution in [1.82, 2.24) is 0 Å². The summed E-state index contributed by atoms with van der Waals surface area (Å²) < 4.78 is 5.09. The molecule has 2 rings (SSSR count). The van der Waals surface area contributed by atoms with Crippen LogP contribution in [0, 0.1) is 5.92 Å². The molecule has 0 spiro atoms. The lowest BCUT2D eigenvalue weighted by Crippen LogP contribution is -2.45. The van der Waals surface area contributed by atoms with Crippen molar-refractivity contribution in [3.63, 3.8) is 0 Å². The van der Waals surface area contributed by atoms with E-state index in [2.05, 4.69) is 0 Å². The molecule has 2 aliphatic rings. The number of carbonyl (C=O) groups excluding carboxylic acids is 1. The molecule has 1 heterocycles. The maximum absolute atomic E-state index is 11.2. The van der Waals surface area contributed by atoms with Crippen LogP contribution >= 0.6 is 0 Å². The first-order valence-electron chi connectivity index (χ1n) is 4.57. The number of rotatable bonds is 0. The van der Waals surface area contributed by atoms with E-state index >= 15 is 0 Å². The van der Waals surface area contributed by atoms with Crippen molar-refractivity contribution >= 4 is 5.97 Å². The van der Waals surface area contributed by atoms with Crippen molar-refractivity contribution in [2.24, 2.45) is 5.92 Å². The van der Waals surface area contributed by atoms with Crippen molar-refractivity contribution in [3.05, 3.63) is 0 Å². The molecule has 2 fully saturated rings. The molecule has 1 N–H and O–H groups in total. The standard InChI is InChI=1S/C9H14O3/c1-6-8(10)12-7-4-2-3-5-9(6,7)11/h6-7,11H,2-5H2,1H3. The van der Waals surface area contributed by atoms with Crippen LogP contribution in [0.2, 0.25) is 0 Å². The first-order valence-corrected chi connectivity index (χ1v) is 4.57. The highest BCUT2D eigenvalue weighted by Crippen LogP contribution is 2.42. The lowest BCUT2D eigenvalue weighted by molar-refractivity contribution is -0.144. The Morgan fingerprint density at radius 2 is 2.33 bits per heavy atom. The van der Waals surface area contributed by atoms with Gasteiger partial charge in [0.1, 0.15) is 11.7 Å². The van der Waals surface area contributed by atoms with E-state index in [4.69, 9.17) is 4.74 Å². The Labute approximate surface area is 71.7 Å². The number of carbonyl (C=O) groups is 1. The SMILES string of the molecule is CC1C(=O)OC2CCCCC21O. The summed E-state index contributed by atoms with van der Waals surface area (Å²) in [7, 11) is 0. The lowest BCUT2D eigenvalue weighted by atomic mass is 9.76. The van der Waals surface area contributed by atoms with Gasteiger partial charge in [0.05, 0.1) is 5.92 Å². The average Bonchev–Trinajstić information content (AvgIpc) is 2.28. The second kappa shape index (κ2) is 2.46. The monoisotopic (exact) mass is 170 g/mol. The molecule has 1 saturated heterocycles. The summed E-state index contributed by atoms with van der Waals surface area (Å²) in [6, 6.07) is 0. The molecule has 0 amide bonds. The van der Waals surface area contributed by atoms with Crippen molar-refractivity contribution in [3.8, 4) is 0 Å².